The summed E-state index contributed by atoms with van der Waals surface area (Å²) in [5.41, 5.74) is 3.86. The van der Waals surface area contributed by atoms with Gasteiger partial charge in [-0.25, -0.2) is 4.52 Å². The van der Waals surface area contributed by atoms with Crippen molar-refractivity contribution >= 4 is 22.5 Å². The van der Waals surface area contributed by atoms with Crippen LogP contribution in [-0.4, -0.2) is 48.4 Å². The Bertz CT molecular complexity index is 1250. The van der Waals surface area contributed by atoms with Gasteiger partial charge < -0.3 is 15.2 Å². The normalized spacial score (nSPS) is 19.4. The Morgan fingerprint density at radius 2 is 1.81 bits per heavy atom. The predicted molar refractivity (Wildman–Crippen MR) is 124 cm³/mol. The monoisotopic (exact) mass is 432 g/mol. The summed E-state index contributed by atoms with van der Waals surface area (Å²) < 4.78 is 7.47. The topological polar surface area (TPSA) is 97.5 Å². The third kappa shape index (κ3) is 3.86. The molecular formula is C24H28N6O2. The molecule has 0 spiro atoms. The molecule has 0 radical (unpaired) electrons. The average molecular weight is 433 g/mol. The summed E-state index contributed by atoms with van der Waals surface area (Å²) in [5.74, 6) is 1.40. The lowest BCUT2D eigenvalue weighted by molar-refractivity contribution is -0.000418. The molecule has 3 aromatic heterocycles. The van der Waals surface area contributed by atoms with Gasteiger partial charge in [0.25, 0.3) is 0 Å². The van der Waals surface area contributed by atoms with Crippen LogP contribution in [0, 0.1) is 5.92 Å². The summed E-state index contributed by atoms with van der Waals surface area (Å²) in [7, 11) is 1.63. The van der Waals surface area contributed by atoms with Gasteiger partial charge in [-0.1, -0.05) is 6.07 Å². The first-order valence-electron chi connectivity index (χ1n) is 11.1. The molecule has 32 heavy (non-hydrogen) atoms. The Kier molecular flexibility index (Phi) is 5.17. The number of anilines is 1. The number of hydrogen-bond donors (Lipinski definition) is 2. The van der Waals surface area contributed by atoms with E-state index in [1.165, 1.54) is 0 Å². The summed E-state index contributed by atoms with van der Waals surface area (Å²) >= 11 is 0. The maximum absolute atomic E-state index is 10.3. The zero-order chi connectivity index (χ0) is 22.3. The molecule has 8 heteroatoms. The first-order valence-corrected chi connectivity index (χ1v) is 11.1. The zero-order valence-corrected chi connectivity index (χ0v) is 18.6. The van der Waals surface area contributed by atoms with Crippen LogP contribution in [0.25, 0.3) is 27.7 Å². The fourth-order valence-corrected chi connectivity index (χ4v) is 4.69. The minimum absolute atomic E-state index is 0.282. The number of nitrogens with zero attached hydrogens (tertiary/aromatic N) is 5. The lowest BCUT2D eigenvalue weighted by Crippen LogP contribution is -2.37. The lowest BCUT2D eigenvalue weighted by atomic mass is 9.77. The third-order valence-electron chi connectivity index (χ3n) is 6.51. The number of rotatable bonds is 5. The minimum Gasteiger partial charge on any atom is -0.479 e. The molecule has 0 saturated heterocycles. The van der Waals surface area contributed by atoms with Crippen molar-refractivity contribution in [1.82, 2.24) is 24.6 Å². The van der Waals surface area contributed by atoms with Crippen LogP contribution in [0.2, 0.25) is 0 Å². The maximum atomic E-state index is 10.3. The number of aliphatic hydroxyl groups is 1. The molecule has 1 aliphatic carbocycles. The van der Waals surface area contributed by atoms with E-state index in [-0.39, 0.29) is 6.04 Å². The molecule has 0 atom stereocenters. The third-order valence-corrected chi connectivity index (χ3v) is 6.51. The van der Waals surface area contributed by atoms with E-state index in [9.17, 15) is 5.11 Å². The molecule has 0 bridgehead atoms. The highest BCUT2D eigenvalue weighted by Gasteiger charge is 2.31. The highest BCUT2D eigenvalue weighted by molar-refractivity contribution is 5.89. The standard InChI is InChI=1S/C24H28N6O2/c1-24(2,31)16-5-7-17(8-6-16)27-23-28-22(32-3)21-18(10-13-30(21)29-23)15-4-9-19-20(14-15)26-12-11-25-19/h4,9-14,16-17,31H,5-8H2,1-3H3,(H,27,29)/t16-,17+. The quantitative estimate of drug-likeness (QED) is 0.490. The van der Waals surface area contributed by atoms with Gasteiger partial charge >= 0.3 is 0 Å². The van der Waals surface area contributed by atoms with Crippen molar-refractivity contribution < 1.29 is 9.84 Å². The van der Waals surface area contributed by atoms with Gasteiger partial charge in [0.15, 0.2) is 0 Å². The molecule has 1 aromatic carbocycles. The fourth-order valence-electron chi connectivity index (χ4n) is 4.69. The van der Waals surface area contributed by atoms with Crippen molar-refractivity contribution in [1.29, 1.82) is 0 Å². The summed E-state index contributed by atoms with van der Waals surface area (Å²) in [6.07, 6.45) is 9.24. The smallest absolute Gasteiger partial charge is 0.244 e. The highest BCUT2D eigenvalue weighted by Crippen LogP contribution is 2.35. The summed E-state index contributed by atoms with van der Waals surface area (Å²) in [4.78, 5) is 13.4. The van der Waals surface area contributed by atoms with Gasteiger partial charge in [-0.05, 0) is 69.2 Å². The average Bonchev–Trinajstić information content (AvgIpc) is 3.22. The van der Waals surface area contributed by atoms with Crippen molar-refractivity contribution in [2.75, 3.05) is 12.4 Å². The molecule has 0 unspecified atom stereocenters. The van der Waals surface area contributed by atoms with E-state index in [1.807, 2.05) is 48.8 Å². The van der Waals surface area contributed by atoms with E-state index in [2.05, 4.69) is 20.3 Å². The summed E-state index contributed by atoms with van der Waals surface area (Å²) in [5, 5.41) is 18.4. The Labute approximate surface area is 186 Å². The maximum Gasteiger partial charge on any atom is 0.244 e. The van der Waals surface area contributed by atoms with Crippen LogP contribution in [0.1, 0.15) is 39.5 Å². The van der Waals surface area contributed by atoms with Crippen LogP contribution < -0.4 is 10.1 Å². The second-order valence-corrected chi connectivity index (χ2v) is 9.07. The van der Waals surface area contributed by atoms with E-state index >= 15 is 0 Å². The molecule has 8 nitrogen and oxygen atoms in total. The van der Waals surface area contributed by atoms with Crippen LogP contribution >= 0.6 is 0 Å². The molecule has 1 saturated carbocycles. The number of fused-ring (bicyclic) bond motifs is 2. The van der Waals surface area contributed by atoms with Gasteiger partial charge in [0.2, 0.25) is 11.8 Å². The SMILES string of the molecule is COc1nc(N[C@H]2CC[C@@H](C(C)(C)O)CC2)nn2ccc(-c3ccc4nccnc4c3)c12. The number of ether oxygens (including phenoxy) is 1. The van der Waals surface area contributed by atoms with Crippen LogP contribution in [0.5, 0.6) is 5.88 Å². The minimum atomic E-state index is -0.626. The molecule has 166 valence electrons. The van der Waals surface area contributed by atoms with E-state index < -0.39 is 5.60 Å². The first-order chi connectivity index (χ1) is 15.4. The highest BCUT2D eigenvalue weighted by atomic mass is 16.5. The van der Waals surface area contributed by atoms with E-state index in [0.717, 1.165) is 53.4 Å². The summed E-state index contributed by atoms with van der Waals surface area (Å²) in [6, 6.07) is 8.31. The molecular weight excluding hydrogens is 404 g/mol. The van der Waals surface area contributed by atoms with Crippen LogP contribution in [0.15, 0.2) is 42.9 Å². The zero-order valence-electron chi connectivity index (χ0n) is 18.6. The van der Waals surface area contributed by atoms with Crippen molar-refractivity contribution in [2.45, 2.75) is 51.2 Å². The van der Waals surface area contributed by atoms with Gasteiger partial charge in [0, 0.05) is 30.2 Å². The van der Waals surface area contributed by atoms with Crippen LogP contribution in [0.4, 0.5) is 5.95 Å². The molecule has 3 heterocycles. The lowest BCUT2D eigenvalue weighted by Gasteiger charge is -2.36. The van der Waals surface area contributed by atoms with Crippen LogP contribution in [0.3, 0.4) is 0 Å². The van der Waals surface area contributed by atoms with Crippen molar-refractivity contribution in [3.05, 3.63) is 42.9 Å². The van der Waals surface area contributed by atoms with Gasteiger partial charge in [-0.3, -0.25) is 9.97 Å². The molecule has 1 aliphatic rings. The van der Waals surface area contributed by atoms with Gasteiger partial charge in [0.1, 0.15) is 5.52 Å². The number of nitrogens with one attached hydrogen (secondary N) is 1. The van der Waals surface area contributed by atoms with Crippen molar-refractivity contribution in [2.24, 2.45) is 5.92 Å². The molecule has 0 aliphatic heterocycles. The second-order valence-electron chi connectivity index (χ2n) is 9.07. The number of benzene rings is 1. The van der Waals surface area contributed by atoms with Crippen molar-refractivity contribution in [3.63, 3.8) is 0 Å². The van der Waals surface area contributed by atoms with Gasteiger partial charge in [0.05, 0.1) is 23.7 Å². The first kappa shape index (κ1) is 20.6. The molecule has 4 aromatic rings. The Morgan fingerprint density at radius 1 is 1.06 bits per heavy atom. The fraction of sp³-hybridized carbons (Fsp3) is 0.417. The van der Waals surface area contributed by atoms with Crippen molar-refractivity contribution in [3.8, 4) is 17.0 Å². The van der Waals surface area contributed by atoms with Crippen LogP contribution in [-0.2, 0) is 0 Å². The molecule has 2 N–H and O–H groups in total. The number of hydrogen-bond acceptors (Lipinski definition) is 7. The summed E-state index contributed by atoms with van der Waals surface area (Å²) in [6.45, 7) is 3.80. The van der Waals surface area contributed by atoms with E-state index in [0.29, 0.717) is 17.7 Å². The Morgan fingerprint density at radius 3 is 2.53 bits per heavy atom. The van der Waals surface area contributed by atoms with E-state index in [1.54, 1.807) is 19.5 Å². The Balaban J connectivity index is 1.43. The predicted octanol–water partition coefficient (Wildman–Crippen LogP) is 4.09. The number of aromatic nitrogens is 5. The molecule has 1 fully saturated rings. The van der Waals surface area contributed by atoms with Gasteiger partial charge in [-0.15, -0.1) is 5.10 Å². The Hall–Kier alpha value is -3.26. The van der Waals surface area contributed by atoms with E-state index in [4.69, 9.17) is 9.84 Å². The number of methoxy groups -OCH3 is 1. The molecule has 5 rings (SSSR count). The largest absolute Gasteiger partial charge is 0.479 e. The van der Waals surface area contributed by atoms with Gasteiger partial charge in [-0.2, -0.15) is 4.98 Å². The second kappa shape index (κ2) is 8.02. The molecule has 0 amide bonds.